The van der Waals surface area contributed by atoms with Gasteiger partial charge in [-0.3, -0.25) is 14.8 Å². The molecule has 0 aromatic rings. The van der Waals surface area contributed by atoms with E-state index in [0.29, 0.717) is 0 Å². The standard InChI is InChI=1S/C4H14N3PS/c1-6(2)8(5,9)7(3)4/h1-4H3,(H2,5,9). The van der Waals surface area contributed by atoms with Crippen LogP contribution in [0, 0.1) is 0 Å². The summed E-state index contributed by atoms with van der Waals surface area (Å²) in [6, 6.07) is 0. The number of rotatable bonds is 2. The summed E-state index contributed by atoms with van der Waals surface area (Å²) >= 11 is 5.13. The van der Waals surface area contributed by atoms with Crippen molar-refractivity contribution in [3.8, 4) is 0 Å². The molecule has 0 saturated heterocycles. The molecule has 0 aliphatic rings. The summed E-state index contributed by atoms with van der Waals surface area (Å²) in [4.78, 5) is 0. The average Bonchev–Trinajstić information content (AvgIpc) is 1.65. The highest BCUT2D eigenvalue weighted by molar-refractivity contribution is 8.11. The Balaban J connectivity index is 4.21. The van der Waals surface area contributed by atoms with Crippen molar-refractivity contribution in [2.24, 2.45) is 5.50 Å². The highest BCUT2D eigenvalue weighted by Crippen LogP contribution is 2.40. The number of hydrogen-bond donors (Lipinski definition) is 1. The lowest BCUT2D eigenvalue weighted by atomic mass is 11.3. The molecule has 3 nitrogen and oxygen atoms in total. The van der Waals surface area contributed by atoms with Crippen molar-refractivity contribution in [2.75, 3.05) is 28.2 Å². The number of nitrogens with two attached hydrogens (primary N) is 1. The zero-order chi connectivity index (χ0) is 7.65. The largest absolute Gasteiger partial charge is 0.279 e. The van der Waals surface area contributed by atoms with E-state index in [2.05, 4.69) is 0 Å². The topological polar surface area (TPSA) is 32.5 Å². The molecule has 0 aromatic heterocycles. The Morgan fingerprint density at radius 2 is 1.33 bits per heavy atom. The molecule has 0 aliphatic heterocycles. The Bertz CT molecular complexity index is 122. The smallest absolute Gasteiger partial charge is 0.139 e. The third-order valence-corrected chi connectivity index (χ3v) is 5.40. The van der Waals surface area contributed by atoms with Crippen molar-refractivity contribution in [3.05, 3.63) is 0 Å². The van der Waals surface area contributed by atoms with E-state index in [4.69, 9.17) is 17.3 Å². The summed E-state index contributed by atoms with van der Waals surface area (Å²) in [5, 5.41) is 0. The van der Waals surface area contributed by atoms with E-state index < -0.39 is 6.49 Å². The molecule has 0 aromatic carbocycles. The van der Waals surface area contributed by atoms with Crippen LogP contribution in [0.3, 0.4) is 0 Å². The molecule has 5 heteroatoms. The molecule has 0 aliphatic carbocycles. The summed E-state index contributed by atoms with van der Waals surface area (Å²) in [5.74, 6) is 0. The van der Waals surface area contributed by atoms with Gasteiger partial charge < -0.3 is 0 Å². The second-order valence-corrected chi connectivity index (χ2v) is 6.67. The summed E-state index contributed by atoms with van der Waals surface area (Å²) in [7, 11) is 7.61. The lowest BCUT2D eigenvalue weighted by Gasteiger charge is -2.30. The first kappa shape index (κ1) is 9.53. The maximum Gasteiger partial charge on any atom is 0.139 e. The monoisotopic (exact) mass is 167 g/mol. The van der Waals surface area contributed by atoms with E-state index in [1.54, 1.807) is 0 Å². The van der Waals surface area contributed by atoms with Crippen LogP contribution in [0.25, 0.3) is 0 Å². The van der Waals surface area contributed by atoms with Crippen molar-refractivity contribution in [2.45, 2.75) is 0 Å². The van der Waals surface area contributed by atoms with Crippen molar-refractivity contribution in [1.29, 1.82) is 0 Å². The highest BCUT2D eigenvalue weighted by atomic mass is 32.4. The van der Waals surface area contributed by atoms with Crippen LogP contribution in [-0.4, -0.2) is 37.5 Å². The molecule has 0 rings (SSSR count). The van der Waals surface area contributed by atoms with Crippen LogP contribution in [0.5, 0.6) is 0 Å². The minimum Gasteiger partial charge on any atom is -0.279 e. The van der Waals surface area contributed by atoms with Crippen LogP contribution >= 0.6 is 6.49 Å². The Morgan fingerprint density at radius 3 is 1.33 bits per heavy atom. The third kappa shape index (κ3) is 2.32. The summed E-state index contributed by atoms with van der Waals surface area (Å²) in [6.45, 7) is -1.84. The van der Waals surface area contributed by atoms with Gasteiger partial charge in [0, 0.05) is 0 Å². The van der Waals surface area contributed by atoms with Gasteiger partial charge in [-0.2, -0.15) is 0 Å². The lowest BCUT2D eigenvalue weighted by Crippen LogP contribution is -2.25. The average molecular weight is 167 g/mol. The fraction of sp³-hybridized carbons (Fsp3) is 1.00. The first-order chi connectivity index (χ1) is 3.89. The van der Waals surface area contributed by atoms with E-state index in [9.17, 15) is 0 Å². The van der Waals surface area contributed by atoms with Crippen LogP contribution in [0.2, 0.25) is 0 Å². The number of nitrogens with zero attached hydrogens (tertiary/aromatic N) is 2. The van der Waals surface area contributed by atoms with Gasteiger partial charge in [-0.05, 0) is 40.0 Å². The first-order valence-electron chi connectivity index (χ1n) is 2.63. The van der Waals surface area contributed by atoms with Crippen LogP contribution in [0.4, 0.5) is 0 Å². The summed E-state index contributed by atoms with van der Waals surface area (Å²) < 4.78 is 3.78. The Morgan fingerprint density at radius 1 is 1.11 bits per heavy atom. The third-order valence-electron chi connectivity index (χ3n) is 1.15. The van der Waals surface area contributed by atoms with Crippen molar-refractivity contribution >= 4 is 18.3 Å². The van der Waals surface area contributed by atoms with E-state index in [1.807, 2.05) is 37.5 Å². The fourth-order valence-corrected chi connectivity index (χ4v) is 1.07. The van der Waals surface area contributed by atoms with Gasteiger partial charge >= 0.3 is 0 Å². The van der Waals surface area contributed by atoms with Crippen molar-refractivity contribution < 1.29 is 0 Å². The Kier molecular flexibility index (Phi) is 3.26. The van der Waals surface area contributed by atoms with Crippen LogP contribution in [0.1, 0.15) is 0 Å². The van der Waals surface area contributed by atoms with Crippen molar-refractivity contribution in [1.82, 2.24) is 9.34 Å². The van der Waals surface area contributed by atoms with E-state index in [1.165, 1.54) is 0 Å². The molecule has 0 saturated carbocycles. The van der Waals surface area contributed by atoms with E-state index in [-0.39, 0.29) is 0 Å². The first-order valence-corrected chi connectivity index (χ1v) is 5.41. The zero-order valence-corrected chi connectivity index (χ0v) is 8.04. The quantitative estimate of drug-likeness (QED) is 0.599. The molecular weight excluding hydrogens is 153 g/mol. The molecule has 9 heavy (non-hydrogen) atoms. The molecule has 0 atom stereocenters. The van der Waals surface area contributed by atoms with Gasteiger partial charge in [0.1, 0.15) is 6.49 Å². The van der Waals surface area contributed by atoms with Gasteiger partial charge in [-0.1, -0.05) is 0 Å². The Labute approximate surface area is 62.0 Å². The zero-order valence-electron chi connectivity index (χ0n) is 6.33. The minimum absolute atomic E-state index is 1.84. The molecule has 0 heterocycles. The molecule has 0 unspecified atom stereocenters. The molecule has 0 fully saturated rings. The molecule has 0 radical (unpaired) electrons. The summed E-state index contributed by atoms with van der Waals surface area (Å²) in [6.07, 6.45) is 0. The second-order valence-electron chi connectivity index (χ2n) is 2.28. The second kappa shape index (κ2) is 3.08. The van der Waals surface area contributed by atoms with E-state index >= 15 is 0 Å². The van der Waals surface area contributed by atoms with Gasteiger partial charge in [0.25, 0.3) is 0 Å². The maximum absolute atomic E-state index is 5.78. The van der Waals surface area contributed by atoms with Crippen molar-refractivity contribution in [3.63, 3.8) is 0 Å². The SMILES string of the molecule is CN(C)P(N)(=S)N(C)C. The normalized spacial score (nSPS) is 13.2. The van der Waals surface area contributed by atoms with Crippen LogP contribution < -0.4 is 5.50 Å². The van der Waals surface area contributed by atoms with Gasteiger partial charge in [0.2, 0.25) is 0 Å². The Hall–Kier alpha value is 0.530. The molecule has 56 valence electrons. The maximum atomic E-state index is 5.78. The molecular formula is C4H14N3PS. The molecule has 0 amide bonds. The van der Waals surface area contributed by atoms with Gasteiger partial charge in [0.15, 0.2) is 0 Å². The lowest BCUT2D eigenvalue weighted by molar-refractivity contribution is 0.571. The van der Waals surface area contributed by atoms with Crippen LogP contribution in [0.15, 0.2) is 0 Å². The molecule has 2 N–H and O–H groups in total. The van der Waals surface area contributed by atoms with Gasteiger partial charge in [-0.15, -0.1) is 0 Å². The fourth-order valence-electron chi connectivity index (χ4n) is 0.358. The summed E-state index contributed by atoms with van der Waals surface area (Å²) in [5.41, 5.74) is 5.78. The number of hydrogen-bond acceptors (Lipinski definition) is 1. The molecule has 0 bridgehead atoms. The minimum atomic E-state index is -1.84. The highest BCUT2D eigenvalue weighted by Gasteiger charge is 2.15. The van der Waals surface area contributed by atoms with Gasteiger partial charge in [0.05, 0.1) is 0 Å². The molecule has 0 spiro atoms. The van der Waals surface area contributed by atoms with E-state index in [0.717, 1.165) is 0 Å². The predicted molar refractivity (Wildman–Crippen MR) is 45.8 cm³/mol. The predicted octanol–water partition coefficient (Wildman–Crippen LogP) is 0.293. The van der Waals surface area contributed by atoms with Gasteiger partial charge in [-0.25, -0.2) is 0 Å². The van der Waals surface area contributed by atoms with Crippen LogP contribution in [-0.2, 0) is 11.8 Å².